The van der Waals surface area contributed by atoms with Crippen molar-refractivity contribution in [1.29, 1.82) is 0 Å². The minimum Gasteiger partial charge on any atom is -0.508 e. The highest BCUT2D eigenvalue weighted by Gasteiger charge is 2.22. The normalized spacial score (nSPS) is 18.9. The Hall–Kier alpha value is -2.50. The van der Waals surface area contributed by atoms with Gasteiger partial charge in [0.2, 0.25) is 0 Å². The van der Waals surface area contributed by atoms with E-state index in [1.165, 1.54) is 18.2 Å². The van der Waals surface area contributed by atoms with Gasteiger partial charge < -0.3 is 20.8 Å². The van der Waals surface area contributed by atoms with E-state index >= 15 is 0 Å². The van der Waals surface area contributed by atoms with Crippen LogP contribution >= 0.6 is 0 Å². The molecule has 0 fully saturated rings. The van der Waals surface area contributed by atoms with Crippen molar-refractivity contribution in [2.45, 2.75) is 6.04 Å². The molecule has 1 aromatic rings. The van der Waals surface area contributed by atoms with Gasteiger partial charge in [-0.2, -0.15) is 0 Å². The number of carboxylic acids is 1. The van der Waals surface area contributed by atoms with Crippen LogP contribution in [0, 0.1) is 0 Å². The van der Waals surface area contributed by atoms with E-state index in [1.54, 1.807) is 12.1 Å². The second-order valence-electron chi connectivity index (χ2n) is 3.55. The number of hydrogen-bond donors (Lipinski definition) is 4. The SMILES string of the molecule is O=C1NC(C(=O)O)=C[C@H](c2ccc(O)cc2)N1. The van der Waals surface area contributed by atoms with E-state index in [0.29, 0.717) is 5.56 Å². The van der Waals surface area contributed by atoms with Crippen LogP contribution in [-0.4, -0.2) is 22.2 Å². The number of phenolic OH excluding ortho intramolecular Hbond substituents is 1. The summed E-state index contributed by atoms with van der Waals surface area (Å²) in [6, 6.07) is 5.08. The molecule has 1 aromatic carbocycles. The van der Waals surface area contributed by atoms with Gasteiger partial charge in [-0.15, -0.1) is 0 Å². The molecule has 1 aliphatic heterocycles. The average Bonchev–Trinajstić information content (AvgIpc) is 2.29. The Morgan fingerprint density at radius 1 is 1.24 bits per heavy atom. The van der Waals surface area contributed by atoms with Crippen molar-refractivity contribution in [3.05, 3.63) is 41.6 Å². The molecular formula is C11H10N2O4. The van der Waals surface area contributed by atoms with E-state index in [9.17, 15) is 9.59 Å². The van der Waals surface area contributed by atoms with Gasteiger partial charge in [-0.3, -0.25) is 0 Å². The van der Waals surface area contributed by atoms with Gasteiger partial charge in [-0.25, -0.2) is 9.59 Å². The van der Waals surface area contributed by atoms with Gasteiger partial charge in [0.15, 0.2) is 0 Å². The van der Waals surface area contributed by atoms with Crippen LogP contribution in [0.5, 0.6) is 5.75 Å². The number of amides is 2. The lowest BCUT2D eigenvalue weighted by Crippen LogP contribution is -2.43. The van der Waals surface area contributed by atoms with Gasteiger partial charge in [-0.1, -0.05) is 12.1 Å². The monoisotopic (exact) mass is 234 g/mol. The largest absolute Gasteiger partial charge is 0.508 e. The third-order valence-electron chi connectivity index (χ3n) is 2.35. The number of carbonyl (C=O) groups excluding carboxylic acids is 1. The van der Waals surface area contributed by atoms with Crippen molar-refractivity contribution in [2.75, 3.05) is 0 Å². The predicted molar refractivity (Wildman–Crippen MR) is 58.2 cm³/mol. The Bertz CT molecular complexity index is 493. The summed E-state index contributed by atoms with van der Waals surface area (Å²) in [5.74, 6) is -1.08. The third-order valence-corrected chi connectivity index (χ3v) is 2.35. The molecule has 2 amide bonds. The fourth-order valence-corrected chi connectivity index (χ4v) is 1.54. The summed E-state index contributed by atoms with van der Waals surface area (Å²) >= 11 is 0. The van der Waals surface area contributed by atoms with Crippen molar-refractivity contribution in [1.82, 2.24) is 10.6 Å². The number of urea groups is 1. The molecule has 17 heavy (non-hydrogen) atoms. The first-order valence-electron chi connectivity index (χ1n) is 4.88. The minimum absolute atomic E-state index is 0.108. The van der Waals surface area contributed by atoms with Crippen molar-refractivity contribution < 1.29 is 19.8 Å². The van der Waals surface area contributed by atoms with Crippen LogP contribution in [0.1, 0.15) is 11.6 Å². The Kier molecular flexibility index (Phi) is 2.70. The van der Waals surface area contributed by atoms with Crippen LogP contribution in [0.25, 0.3) is 0 Å². The molecule has 0 spiro atoms. The highest BCUT2D eigenvalue weighted by Crippen LogP contribution is 2.20. The molecule has 6 heteroatoms. The summed E-state index contributed by atoms with van der Waals surface area (Å²) in [5, 5.41) is 22.7. The maximum absolute atomic E-state index is 11.3. The van der Waals surface area contributed by atoms with Crippen molar-refractivity contribution >= 4 is 12.0 Å². The zero-order valence-electron chi connectivity index (χ0n) is 8.68. The molecule has 1 aliphatic rings. The lowest BCUT2D eigenvalue weighted by molar-refractivity contribution is -0.133. The summed E-state index contributed by atoms with van der Waals surface area (Å²) in [7, 11) is 0. The summed E-state index contributed by atoms with van der Waals surface area (Å²) in [6.45, 7) is 0. The first-order valence-corrected chi connectivity index (χ1v) is 4.88. The first kappa shape index (κ1) is 11.0. The maximum atomic E-state index is 11.3. The van der Waals surface area contributed by atoms with E-state index in [1.807, 2.05) is 0 Å². The highest BCUT2D eigenvalue weighted by molar-refractivity contribution is 5.93. The molecule has 88 valence electrons. The first-order chi connectivity index (χ1) is 8.06. The smallest absolute Gasteiger partial charge is 0.352 e. The summed E-state index contributed by atoms with van der Waals surface area (Å²) in [6.07, 6.45) is 1.40. The van der Waals surface area contributed by atoms with Crippen LogP contribution in [-0.2, 0) is 4.79 Å². The van der Waals surface area contributed by atoms with Crippen molar-refractivity contribution in [3.8, 4) is 5.75 Å². The van der Waals surface area contributed by atoms with Gasteiger partial charge in [0.1, 0.15) is 11.4 Å². The van der Waals surface area contributed by atoms with Crippen LogP contribution in [0.15, 0.2) is 36.0 Å². The number of aliphatic carboxylic acids is 1. The molecule has 0 unspecified atom stereocenters. The zero-order chi connectivity index (χ0) is 12.4. The molecule has 0 saturated carbocycles. The summed E-state index contributed by atoms with van der Waals surface area (Å²) in [4.78, 5) is 22.0. The lowest BCUT2D eigenvalue weighted by atomic mass is 10.0. The number of hydrogen-bond acceptors (Lipinski definition) is 3. The molecular weight excluding hydrogens is 224 g/mol. The number of carboxylic acid groups (broad SMARTS) is 1. The standard InChI is InChI=1S/C11H10N2O4/c14-7-3-1-6(2-4-7)8-5-9(10(15)16)13-11(17)12-8/h1-5,8,14H,(H,15,16)(H2,12,13,17)/t8-/m1/s1. The van der Waals surface area contributed by atoms with Gasteiger partial charge in [0.05, 0.1) is 6.04 Å². The Labute approximate surface area is 96.6 Å². The van der Waals surface area contributed by atoms with Gasteiger partial charge in [-0.05, 0) is 23.8 Å². The molecule has 0 saturated heterocycles. The lowest BCUT2D eigenvalue weighted by Gasteiger charge is -2.22. The van der Waals surface area contributed by atoms with Crippen molar-refractivity contribution in [2.24, 2.45) is 0 Å². The third kappa shape index (κ3) is 2.36. The van der Waals surface area contributed by atoms with Gasteiger partial charge in [0.25, 0.3) is 0 Å². The van der Waals surface area contributed by atoms with E-state index in [0.717, 1.165) is 0 Å². The van der Waals surface area contributed by atoms with E-state index < -0.39 is 18.0 Å². The van der Waals surface area contributed by atoms with Gasteiger partial charge >= 0.3 is 12.0 Å². The highest BCUT2D eigenvalue weighted by atomic mass is 16.4. The number of aromatic hydroxyl groups is 1. The molecule has 0 bridgehead atoms. The molecule has 0 aliphatic carbocycles. The van der Waals surface area contributed by atoms with Crippen LogP contribution in [0.2, 0.25) is 0 Å². The van der Waals surface area contributed by atoms with E-state index in [2.05, 4.69) is 10.6 Å². The Morgan fingerprint density at radius 2 is 1.88 bits per heavy atom. The minimum atomic E-state index is -1.19. The molecule has 0 aromatic heterocycles. The molecule has 0 radical (unpaired) electrons. The average molecular weight is 234 g/mol. The number of nitrogens with one attached hydrogen (secondary N) is 2. The molecule has 1 heterocycles. The Balaban J connectivity index is 2.32. The number of rotatable bonds is 2. The second-order valence-corrected chi connectivity index (χ2v) is 3.55. The number of benzene rings is 1. The molecule has 4 N–H and O–H groups in total. The second kappa shape index (κ2) is 4.17. The summed E-state index contributed by atoms with van der Waals surface area (Å²) < 4.78 is 0. The quantitative estimate of drug-likeness (QED) is 0.605. The van der Waals surface area contributed by atoms with Crippen molar-refractivity contribution in [3.63, 3.8) is 0 Å². The fraction of sp³-hybridized carbons (Fsp3) is 0.0909. The number of carbonyl (C=O) groups is 2. The molecule has 1 atom stereocenters. The zero-order valence-corrected chi connectivity index (χ0v) is 8.68. The van der Waals surface area contributed by atoms with Gasteiger partial charge in [0, 0.05) is 0 Å². The topological polar surface area (TPSA) is 98.7 Å². The van der Waals surface area contributed by atoms with Crippen LogP contribution in [0.4, 0.5) is 4.79 Å². The molecule has 2 rings (SSSR count). The molecule has 6 nitrogen and oxygen atoms in total. The fourth-order valence-electron chi connectivity index (χ4n) is 1.54. The predicted octanol–water partition coefficient (Wildman–Crippen LogP) is 0.715. The van der Waals surface area contributed by atoms with Crippen LogP contribution in [0.3, 0.4) is 0 Å². The van der Waals surface area contributed by atoms with E-state index in [-0.39, 0.29) is 11.4 Å². The summed E-state index contributed by atoms with van der Waals surface area (Å²) in [5.41, 5.74) is 0.531. The Morgan fingerprint density at radius 3 is 2.47 bits per heavy atom. The maximum Gasteiger partial charge on any atom is 0.352 e. The van der Waals surface area contributed by atoms with Crippen LogP contribution < -0.4 is 10.6 Å². The number of phenols is 1. The van der Waals surface area contributed by atoms with E-state index in [4.69, 9.17) is 10.2 Å².